The van der Waals surface area contributed by atoms with E-state index in [1.165, 1.54) is 0 Å². The average molecular weight is 284 g/mol. The maximum absolute atomic E-state index is 13.7. The number of halogens is 2. The number of hydrogen-bond donors (Lipinski definition) is 2. The van der Waals surface area contributed by atoms with Crippen molar-refractivity contribution in [3.63, 3.8) is 0 Å². The van der Waals surface area contributed by atoms with Crippen molar-refractivity contribution in [3.05, 3.63) is 29.3 Å². The van der Waals surface area contributed by atoms with Gasteiger partial charge < -0.3 is 15.8 Å². The summed E-state index contributed by atoms with van der Waals surface area (Å²) in [5.74, 6) is -2.68. The summed E-state index contributed by atoms with van der Waals surface area (Å²) in [5.41, 5.74) is 4.51. The van der Waals surface area contributed by atoms with E-state index in [4.69, 9.17) is 10.5 Å². The molecule has 110 valence electrons. The highest BCUT2D eigenvalue weighted by atomic mass is 19.1. The second-order valence-electron chi connectivity index (χ2n) is 5.25. The van der Waals surface area contributed by atoms with Gasteiger partial charge in [-0.05, 0) is 36.8 Å². The molecule has 1 aromatic rings. The summed E-state index contributed by atoms with van der Waals surface area (Å²) in [6.45, 7) is 1.000. The first kappa shape index (κ1) is 14.7. The molecule has 0 bridgehead atoms. The van der Waals surface area contributed by atoms with E-state index in [2.05, 4.69) is 5.32 Å². The van der Waals surface area contributed by atoms with E-state index < -0.39 is 23.1 Å². The minimum absolute atomic E-state index is 0.0128. The molecule has 1 saturated carbocycles. The van der Waals surface area contributed by atoms with E-state index in [1.54, 1.807) is 7.11 Å². The Kier molecular flexibility index (Phi) is 4.23. The number of rotatable bonds is 6. The first-order valence-corrected chi connectivity index (χ1v) is 6.50. The minimum Gasteiger partial charge on any atom is -0.396 e. The lowest BCUT2D eigenvalue weighted by atomic mass is 10.0. The lowest BCUT2D eigenvalue weighted by molar-refractivity contribution is 0.0929. The van der Waals surface area contributed by atoms with Gasteiger partial charge in [0, 0.05) is 20.3 Å². The number of hydrogen-bond acceptors (Lipinski definition) is 3. The topological polar surface area (TPSA) is 64.3 Å². The number of anilines is 1. The molecular formula is C14H18F2N2O2. The fourth-order valence-electron chi connectivity index (χ4n) is 2.14. The van der Waals surface area contributed by atoms with Crippen LogP contribution in [0.25, 0.3) is 0 Å². The van der Waals surface area contributed by atoms with Crippen LogP contribution in [0.5, 0.6) is 0 Å². The van der Waals surface area contributed by atoms with Crippen LogP contribution in [0.3, 0.4) is 0 Å². The van der Waals surface area contributed by atoms with E-state index in [-0.39, 0.29) is 11.1 Å². The maximum Gasteiger partial charge on any atom is 0.257 e. The smallest absolute Gasteiger partial charge is 0.257 e. The molecule has 0 unspecified atom stereocenters. The van der Waals surface area contributed by atoms with Gasteiger partial charge in [0.05, 0.1) is 5.69 Å². The maximum atomic E-state index is 13.7. The Balaban J connectivity index is 2.01. The SMILES string of the molecule is COCCC1(CNC(=O)c2c(F)ccc(N)c2F)CC1. The summed E-state index contributed by atoms with van der Waals surface area (Å²) in [5, 5.41) is 2.59. The van der Waals surface area contributed by atoms with Crippen LogP contribution in [0, 0.1) is 17.0 Å². The van der Waals surface area contributed by atoms with Crippen LogP contribution in [0.15, 0.2) is 12.1 Å². The molecular weight excluding hydrogens is 266 g/mol. The molecule has 1 aromatic carbocycles. The van der Waals surface area contributed by atoms with Crippen LogP contribution < -0.4 is 11.1 Å². The van der Waals surface area contributed by atoms with Crippen molar-refractivity contribution >= 4 is 11.6 Å². The van der Waals surface area contributed by atoms with Gasteiger partial charge in [-0.25, -0.2) is 8.78 Å². The number of benzene rings is 1. The molecule has 0 aromatic heterocycles. The van der Waals surface area contributed by atoms with Gasteiger partial charge in [0.25, 0.3) is 5.91 Å². The normalized spacial score (nSPS) is 15.9. The van der Waals surface area contributed by atoms with Crippen LogP contribution in [-0.2, 0) is 4.74 Å². The Morgan fingerprint density at radius 3 is 2.75 bits per heavy atom. The van der Waals surface area contributed by atoms with Gasteiger partial charge in [-0.15, -0.1) is 0 Å². The van der Waals surface area contributed by atoms with Gasteiger partial charge in [-0.3, -0.25) is 4.79 Å². The number of amides is 1. The van der Waals surface area contributed by atoms with Crippen molar-refractivity contribution < 1.29 is 18.3 Å². The summed E-state index contributed by atoms with van der Waals surface area (Å²) in [4.78, 5) is 11.9. The Labute approximate surface area is 116 Å². The van der Waals surface area contributed by atoms with Crippen LogP contribution in [0.2, 0.25) is 0 Å². The largest absolute Gasteiger partial charge is 0.396 e. The van der Waals surface area contributed by atoms with Gasteiger partial charge in [-0.1, -0.05) is 0 Å². The molecule has 0 atom stereocenters. The molecule has 0 aliphatic heterocycles. The van der Waals surface area contributed by atoms with Gasteiger partial charge in [0.15, 0.2) is 5.82 Å². The van der Waals surface area contributed by atoms with Crippen molar-refractivity contribution in [1.29, 1.82) is 0 Å². The second kappa shape index (κ2) is 5.75. The van der Waals surface area contributed by atoms with Crippen LogP contribution in [0.4, 0.5) is 14.5 Å². The highest BCUT2D eigenvalue weighted by Gasteiger charge is 2.42. The number of carbonyl (C=O) groups is 1. The Morgan fingerprint density at radius 2 is 2.15 bits per heavy atom. The molecule has 4 nitrogen and oxygen atoms in total. The van der Waals surface area contributed by atoms with Crippen LogP contribution >= 0.6 is 0 Å². The summed E-state index contributed by atoms with van der Waals surface area (Å²) < 4.78 is 32.3. The number of nitrogens with one attached hydrogen (secondary N) is 1. The molecule has 6 heteroatoms. The monoisotopic (exact) mass is 284 g/mol. The highest BCUT2D eigenvalue weighted by Crippen LogP contribution is 2.48. The van der Waals surface area contributed by atoms with Gasteiger partial charge in [0.1, 0.15) is 11.4 Å². The van der Waals surface area contributed by atoms with Crippen molar-refractivity contribution in [2.45, 2.75) is 19.3 Å². The summed E-state index contributed by atoms with van der Waals surface area (Å²) in [6, 6.07) is 2.09. The zero-order valence-electron chi connectivity index (χ0n) is 11.3. The van der Waals surface area contributed by atoms with Crippen LogP contribution in [-0.4, -0.2) is 26.2 Å². The van der Waals surface area contributed by atoms with Crippen molar-refractivity contribution in [2.24, 2.45) is 5.41 Å². The van der Waals surface area contributed by atoms with Crippen molar-refractivity contribution in [1.82, 2.24) is 5.32 Å². The molecule has 0 radical (unpaired) electrons. The third-order valence-corrected chi connectivity index (χ3v) is 3.77. The van der Waals surface area contributed by atoms with E-state index >= 15 is 0 Å². The van der Waals surface area contributed by atoms with Gasteiger partial charge >= 0.3 is 0 Å². The molecule has 1 fully saturated rings. The average Bonchev–Trinajstić information content (AvgIpc) is 3.19. The fraction of sp³-hybridized carbons (Fsp3) is 0.500. The highest BCUT2D eigenvalue weighted by molar-refractivity contribution is 5.95. The summed E-state index contributed by atoms with van der Waals surface area (Å²) in [7, 11) is 1.62. The molecule has 0 heterocycles. The van der Waals surface area contributed by atoms with Crippen molar-refractivity contribution in [2.75, 3.05) is 26.0 Å². The minimum atomic E-state index is -1.01. The molecule has 1 amide bonds. The van der Waals surface area contributed by atoms with E-state index in [1.807, 2.05) is 0 Å². The van der Waals surface area contributed by atoms with E-state index in [0.717, 1.165) is 31.4 Å². The predicted octanol–water partition coefficient (Wildman–Crippen LogP) is 2.09. The quantitative estimate of drug-likeness (QED) is 0.786. The van der Waals surface area contributed by atoms with Gasteiger partial charge in [0.2, 0.25) is 0 Å². The lowest BCUT2D eigenvalue weighted by Crippen LogP contribution is -2.32. The zero-order valence-corrected chi connectivity index (χ0v) is 11.3. The zero-order chi connectivity index (χ0) is 14.8. The third kappa shape index (κ3) is 3.07. The molecule has 3 N–H and O–H groups in total. The fourth-order valence-corrected chi connectivity index (χ4v) is 2.14. The number of nitrogens with two attached hydrogens (primary N) is 1. The number of carbonyl (C=O) groups excluding carboxylic acids is 1. The molecule has 0 spiro atoms. The summed E-state index contributed by atoms with van der Waals surface area (Å²) in [6.07, 6.45) is 2.79. The predicted molar refractivity (Wildman–Crippen MR) is 71.3 cm³/mol. The number of nitrogen functional groups attached to an aromatic ring is 1. The molecule has 1 aliphatic carbocycles. The third-order valence-electron chi connectivity index (χ3n) is 3.77. The second-order valence-corrected chi connectivity index (χ2v) is 5.25. The lowest BCUT2D eigenvalue weighted by Gasteiger charge is -2.16. The van der Waals surface area contributed by atoms with Crippen molar-refractivity contribution in [3.8, 4) is 0 Å². The first-order valence-electron chi connectivity index (χ1n) is 6.50. The molecule has 1 aliphatic rings. The Morgan fingerprint density at radius 1 is 1.45 bits per heavy atom. The first-order chi connectivity index (χ1) is 9.49. The van der Waals surface area contributed by atoms with Gasteiger partial charge in [-0.2, -0.15) is 0 Å². The Bertz CT molecular complexity index is 516. The van der Waals surface area contributed by atoms with Crippen LogP contribution in [0.1, 0.15) is 29.6 Å². The van der Waals surface area contributed by atoms with E-state index in [9.17, 15) is 13.6 Å². The number of ether oxygens (including phenoxy) is 1. The molecule has 2 rings (SSSR count). The Hall–Kier alpha value is -1.69. The number of methoxy groups -OCH3 is 1. The molecule has 20 heavy (non-hydrogen) atoms. The molecule has 0 saturated heterocycles. The summed E-state index contributed by atoms with van der Waals surface area (Å²) >= 11 is 0. The standard InChI is InChI=1S/C14H18F2N2O2/c1-20-7-6-14(4-5-14)8-18-13(19)11-9(15)2-3-10(17)12(11)16/h2-3H,4-8,17H2,1H3,(H,18,19). The van der Waals surface area contributed by atoms with E-state index in [0.29, 0.717) is 13.2 Å².